The Morgan fingerprint density at radius 3 is 2.51 bits per heavy atom. The van der Waals surface area contributed by atoms with Gasteiger partial charge in [-0.05, 0) is 63.6 Å². The molecule has 3 saturated carbocycles. The van der Waals surface area contributed by atoms with E-state index in [9.17, 15) is 13.2 Å². The lowest BCUT2D eigenvalue weighted by molar-refractivity contribution is -0.244. The van der Waals surface area contributed by atoms with Crippen LogP contribution in [0.4, 0.5) is 19.1 Å². The van der Waals surface area contributed by atoms with Crippen LogP contribution in [0, 0.1) is 32.1 Å². The largest absolute Gasteiger partial charge is 0.394 e. The summed E-state index contributed by atoms with van der Waals surface area (Å²) in [6, 6.07) is 3.94. The van der Waals surface area contributed by atoms with Gasteiger partial charge in [0.25, 0.3) is 0 Å². The number of fused-ring (bicyclic) bond motifs is 2. The van der Waals surface area contributed by atoms with Crippen LogP contribution in [0.5, 0.6) is 0 Å². The first-order valence-electron chi connectivity index (χ1n) is 12.0. The van der Waals surface area contributed by atoms with Gasteiger partial charge in [0.2, 0.25) is 5.95 Å². The topological polar surface area (TPSA) is 76.9 Å². The van der Waals surface area contributed by atoms with E-state index in [-0.39, 0.29) is 37.2 Å². The van der Waals surface area contributed by atoms with Crippen molar-refractivity contribution < 1.29 is 17.9 Å². The molecule has 184 valence electrons. The van der Waals surface area contributed by atoms with Crippen molar-refractivity contribution in [3.8, 4) is 0 Å². The average Bonchev–Trinajstić information content (AvgIpc) is 3.37. The molecular formula is C25H27F3N6O. The number of morpholine rings is 1. The fourth-order valence-corrected chi connectivity index (χ4v) is 5.97. The van der Waals surface area contributed by atoms with Gasteiger partial charge < -0.3 is 9.64 Å². The summed E-state index contributed by atoms with van der Waals surface area (Å²) >= 11 is 0. The van der Waals surface area contributed by atoms with Crippen molar-refractivity contribution in [3.05, 3.63) is 46.7 Å². The second-order valence-corrected chi connectivity index (χ2v) is 10.3. The number of hydrogen-bond acceptors (Lipinski definition) is 7. The monoisotopic (exact) mass is 484 g/mol. The minimum atomic E-state index is -4.19. The first kappa shape index (κ1) is 22.6. The molecule has 4 fully saturated rings. The smallest absolute Gasteiger partial charge is 0.370 e. The molecule has 2 atom stereocenters. The number of aryl methyl sites for hydroxylation is 3. The maximum Gasteiger partial charge on any atom is 0.394 e. The number of pyridine rings is 1. The highest BCUT2D eigenvalue weighted by molar-refractivity contribution is 5.75. The maximum atomic E-state index is 13.8. The Labute approximate surface area is 201 Å². The lowest BCUT2D eigenvalue weighted by atomic mass is 9.68. The molecule has 0 amide bonds. The van der Waals surface area contributed by atoms with Crippen molar-refractivity contribution in [1.82, 2.24) is 24.9 Å². The van der Waals surface area contributed by atoms with E-state index < -0.39 is 11.6 Å². The molecule has 1 saturated heterocycles. The van der Waals surface area contributed by atoms with Crippen LogP contribution in [0.25, 0.3) is 11.2 Å². The van der Waals surface area contributed by atoms with Crippen molar-refractivity contribution >= 4 is 17.1 Å². The van der Waals surface area contributed by atoms with Crippen LogP contribution >= 0.6 is 0 Å². The Bertz CT molecular complexity index is 1310. The highest BCUT2D eigenvalue weighted by atomic mass is 19.4. The van der Waals surface area contributed by atoms with E-state index in [1.54, 1.807) is 6.20 Å². The number of nitrogens with zero attached hydrogens (tertiary/aromatic N) is 6. The maximum absolute atomic E-state index is 13.8. The summed E-state index contributed by atoms with van der Waals surface area (Å²) in [6.07, 6.45) is -2.21. The third-order valence-corrected chi connectivity index (χ3v) is 8.04. The Morgan fingerprint density at radius 2 is 1.80 bits per heavy atom. The Balaban J connectivity index is 1.39. The normalized spacial score (nSPS) is 28.4. The Kier molecular flexibility index (Phi) is 5.04. The van der Waals surface area contributed by atoms with Crippen LogP contribution in [0.15, 0.2) is 18.3 Å². The molecule has 0 radical (unpaired) electrons. The number of hydrogen-bond donors (Lipinski definition) is 0. The molecule has 3 aromatic rings. The van der Waals surface area contributed by atoms with Crippen LogP contribution in [-0.2, 0) is 4.74 Å². The fraction of sp³-hybridized carbons (Fsp3) is 0.560. The zero-order chi connectivity index (χ0) is 24.5. The van der Waals surface area contributed by atoms with Gasteiger partial charge in [0.15, 0.2) is 5.65 Å². The number of alkyl halides is 3. The van der Waals surface area contributed by atoms with Gasteiger partial charge in [-0.2, -0.15) is 18.2 Å². The van der Waals surface area contributed by atoms with Crippen molar-refractivity contribution in [2.45, 2.75) is 58.2 Å². The van der Waals surface area contributed by atoms with E-state index in [2.05, 4.69) is 9.97 Å². The quantitative estimate of drug-likeness (QED) is 0.530. The van der Waals surface area contributed by atoms with E-state index in [0.29, 0.717) is 42.5 Å². The molecule has 7 rings (SSSR count). The molecule has 0 aromatic carbocycles. The third kappa shape index (κ3) is 3.64. The van der Waals surface area contributed by atoms with Gasteiger partial charge >= 0.3 is 6.18 Å². The second-order valence-electron chi connectivity index (χ2n) is 10.3. The van der Waals surface area contributed by atoms with Crippen LogP contribution in [0.2, 0.25) is 0 Å². The van der Waals surface area contributed by atoms with E-state index in [1.807, 2.05) is 37.8 Å². The lowest BCUT2D eigenvalue weighted by Gasteiger charge is -2.39. The number of ether oxygens (including phenoxy) is 1. The van der Waals surface area contributed by atoms with Crippen LogP contribution < -0.4 is 4.90 Å². The highest BCUT2D eigenvalue weighted by Gasteiger charge is 2.69. The number of aromatic nitrogens is 5. The van der Waals surface area contributed by atoms with Crippen molar-refractivity contribution in [3.63, 3.8) is 0 Å². The molecule has 3 aliphatic carbocycles. The summed E-state index contributed by atoms with van der Waals surface area (Å²) in [5.41, 5.74) is 3.43. The SMILES string of the molecule is Cc1cc([C@H]2CN(c3nc([C@H]4CC5(C(F)(F)F)CC4C5)c4nc(C)c(C)nc4n3)CCO2)ccn1. The predicted octanol–water partition coefficient (Wildman–Crippen LogP) is 4.76. The van der Waals surface area contributed by atoms with E-state index in [4.69, 9.17) is 19.7 Å². The summed E-state index contributed by atoms with van der Waals surface area (Å²) < 4.78 is 47.5. The van der Waals surface area contributed by atoms with Crippen molar-refractivity contribution in [1.29, 1.82) is 0 Å². The highest BCUT2D eigenvalue weighted by Crippen LogP contribution is 2.70. The molecule has 2 bridgehead atoms. The van der Waals surface area contributed by atoms with Crippen molar-refractivity contribution in [2.75, 3.05) is 24.6 Å². The first-order chi connectivity index (χ1) is 16.6. The number of rotatable bonds is 3. The van der Waals surface area contributed by atoms with Crippen LogP contribution in [0.1, 0.15) is 59.6 Å². The number of anilines is 1. The molecule has 7 nitrogen and oxygen atoms in total. The molecule has 10 heteroatoms. The fourth-order valence-electron chi connectivity index (χ4n) is 5.97. The molecule has 0 spiro atoms. The first-order valence-corrected chi connectivity index (χ1v) is 12.0. The van der Waals surface area contributed by atoms with Crippen LogP contribution in [0.3, 0.4) is 0 Å². The molecule has 3 aromatic heterocycles. The molecule has 1 aliphatic heterocycles. The van der Waals surface area contributed by atoms with Gasteiger partial charge in [0, 0.05) is 24.4 Å². The van der Waals surface area contributed by atoms with Gasteiger partial charge in [0.1, 0.15) is 11.6 Å². The standard InChI is InChI=1S/C25H27F3N6O/c1-13-8-16(4-5-29-13)19-12-34(6-7-35-19)23-32-20(21-22(33-23)31-15(3)14(2)30-21)18-11-24(25(26,27)28)9-17(18)10-24/h4-5,8,17-19H,6-7,9-12H2,1-3H3/t17?,18-,19+,24?/m0/s1. The van der Waals surface area contributed by atoms with Gasteiger partial charge in [-0.25, -0.2) is 15.0 Å². The zero-order valence-electron chi connectivity index (χ0n) is 19.9. The van der Waals surface area contributed by atoms with Gasteiger partial charge in [-0.1, -0.05) is 0 Å². The van der Waals surface area contributed by atoms with E-state index >= 15 is 0 Å². The van der Waals surface area contributed by atoms with Gasteiger partial charge in [0.05, 0.1) is 35.6 Å². The van der Waals surface area contributed by atoms with Crippen LogP contribution in [-0.4, -0.2) is 50.8 Å². The lowest BCUT2D eigenvalue weighted by Crippen LogP contribution is -2.42. The minimum absolute atomic E-state index is 0.0387. The molecule has 0 N–H and O–H groups in total. The minimum Gasteiger partial charge on any atom is -0.370 e. The second kappa shape index (κ2) is 7.81. The van der Waals surface area contributed by atoms with Crippen molar-refractivity contribution in [2.24, 2.45) is 11.3 Å². The summed E-state index contributed by atoms with van der Waals surface area (Å²) in [5, 5.41) is 0. The number of halogens is 3. The molecule has 35 heavy (non-hydrogen) atoms. The molecule has 4 heterocycles. The summed E-state index contributed by atoms with van der Waals surface area (Å²) in [4.78, 5) is 25.3. The zero-order valence-corrected chi connectivity index (χ0v) is 19.9. The Morgan fingerprint density at radius 1 is 1.03 bits per heavy atom. The van der Waals surface area contributed by atoms with Gasteiger partial charge in [-0.15, -0.1) is 0 Å². The average molecular weight is 485 g/mol. The third-order valence-electron chi connectivity index (χ3n) is 8.04. The summed E-state index contributed by atoms with van der Waals surface area (Å²) in [6.45, 7) is 7.27. The van der Waals surface area contributed by atoms with E-state index in [0.717, 1.165) is 22.6 Å². The van der Waals surface area contributed by atoms with Gasteiger partial charge in [-0.3, -0.25) is 4.98 Å². The Hall–Kier alpha value is -2.88. The summed E-state index contributed by atoms with van der Waals surface area (Å²) in [5.74, 6) is 0.148. The molecule has 0 unspecified atom stereocenters. The molecular weight excluding hydrogens is 457 g/mol. The van der Waals surface area contributed by atoms with E-state index in [1.165, 1.54) is 0 Å². The predicted molar refractivity (Wildman–Crippen MR) is 123 cm³/mol. The molecule has 4 aliphatic rings. The summed E-state index contributed by atoms with van der Waals surface area (Å²) in [7, 11) is 0.